The lowest BCUT2D eigenvalue weighted by Gasteiger charge is -2.04. The van der Waals surface area contributed by atoms with Crippen molar-refractivity contribution in [2.24, 2.45) is 0 Å². The lowest BCUT2D eigenvalue weighted by Crippen LogP contribution is -2.27. The molecule has 3 aromatic rings. The van der Waals surface area contributed by atoms with Gasteiger partial charge < -0.3 is 59.6 Å². The average Bonchev–Trinajstić information content (AvgIpc) is 1.82. The fourth-order valence-electron chi connectivity index (χ4n) is 2.79. The number of methoxy groups -OCH3 is 1. The normalized spacial score (nSPS) is 9.09. The van der Waals surface area contributed by atoms with E-state index in [-0.39, 0.29) is 62.9 Å². The van der Waals surface area contributed by atoms with E-state index in [0.717, 1.165) is 67.9 Å². The average molecular weight is 1390 g/mol. The molecule has 0 saturated heterocycles. The minimum absolute atomic E-state index is 0.00820. The monoisotopic (exact) mass is 1390 g/mol. The summed E-state index contributed by atoms with van der Waals surface area (Å²) in [6.45, 7) is 47.3. The van der Waals surface area contributed by atoms with Crippen LogP contribution in [0.3, 0.4) is 0 Å². The van der Waals surface area contributed by atoms with Gasteiger partial charge in [0, 0.05) is 97.5 Å². The molecule has 1 aromatic carbocycles. The number of hydrogen-bond donors (Lipinski definition) is 6. The van der Waals surface area contributed by atoms with Gasteiger partial charge in [0.2, 0.25) is 17.7 Å². The molecule has 0 radical (unpaired) electrons. The Morgan fingerprint density at radius 3 is 1.11 bits per heavy atom. The second-order valence-corrected chi connectivity index (χ2v) is 26.4. The first kappa shape index (κ1) is 117. The largest absolute Gasteiger partial charge is 0.394 e. The molecule has 0 spiro atoms. The van der Waals surface area contributed by atoms with Gasteiger partial charge in [0.05, 0.1) is 5.60 Å². The van der Waals surface area contributed by atoms with Crippen molar-refractivity contribution >= 4 is 83.6 Å². The predicted molar refractivity (Wildman–Crippen MR) is 387 cm³/mol. The maximum atomic E-state index is 11.2. The molecule has 2 aromatic heterocycles. The summed E-state index contributed by atoms with van der Waals surface area (Å²) in [5.41, 5.74) is 1.64. The topological polar surface area (TPSA) is 344 Å². The fourth-order valence-corrected chi connectivity index (χ4v) is 4.78. The zero-order valence-electron chi connectivity index (χ0n) is 63.1. The summed E-state index contributed by atoms with van der Waals surface area (Å²) < 4.78 is 48.2. The van der Waals surface area contributed by atoms with E-state index in [4.69, 9.17) is 15.3 Å². The van der Waals surface area contributed by atoms with Gasteiger partial charge in [0.15, 0.2) is 5.78 Å². The molecule has 0 fully saturated rings. The zero-order valence-corrected chi connectivity index (χ0v) is 65.5. The Kier molecular flexibility index (Phi) is 109. The highest BCUT2D eigenvalue weighted by molar-refractivity contribution is 7.92. The number of nitrogens with zero attached hydrogens (tertiary/aromatic N) is 2. The van der Waals surface area contributed by atoms with E-state index >= 15 is 0 Å². The number of amides is 3. The second kappa shape index (κ2) is 85.9. The maximum absolute atomic E-state index is 11.2. The third kappa shape index (κ3) is 253. The van der Waals surface area contributed by atoms with Gasteiger partial charge in [-0.3, -0.25) is 24.2 Å². The van der Waals surface area contributed by atoms with Crippen LogP contribution in [0.1, 0.15) is 217 Å². The Hall–Kier alpha value is -6.06. The quantitative estimate of drug-likeness (QED) is 0.0917. The fraction of sp³-hybridized carbons (Fsp3) is 0.618. The number of carbonyl (C=O) groups excluding carboxylic acids is 9. The Morgan fingerprint density at radius 1 is 0.624 bits per heavy atom. The van der Waals surface area contributed by atoms with Gasteiger partial charge in [0.1, 0.15) is 43.0 Å². The lowest BCUT2D eigenvalue weighted by molar-refractivity contribution is -0.120. The first-order chi connectivity index (χ1) is 42.2. The number of nitrogens with one attached hydrogen (secondary N) is 3. The minimum atomic E-state index is -3.60. The van der Waals surface area contributed by atoms with Gasteiger partial charge in [-0.1, -0.05) is 89.6 Å². The molecule has 0 unspecified atom stereocenters. The number of hydrogen-bond acceptors (Lipinski definition) is 20. The number of pyridine rings is 1. The van der Waals surface area contributed by atoms with Crippen LogP contribution in [-0.2, 0) is 80.8 Å². The minimum Gasteiger partial charge on any atom is -0.394 e. The number of aliphatic hydroxyl groups is 3. The highest BCUT2D eigenvalue weighted by Gasteiger charge is 2.15. The van der Waals surface area contributed by atoms with Gasteiger partial charge in [-0.25, -0.2) is 21.6 Å². The van der Waals surface area contributed by atoms with E-state index in [1.165, 1.54) is 80.9 Å². The molecular weight excluding hydrogens is 1250 g/mol. The number of benzene rings is 1. The number of sulfone groups is 1. The van der Waals surface area contributed by atoms with E-state index in [2.05, 4.69) is 60.1 Å². The highest BCUT2D eigenvalue weighted by atomic mass is 32.2. The number of allylic oxidation sites excluding steroid dienone is 2. The Balaban J connectivity index is -0.0000000682. The number of thiophene rings is 1. The summed E-state index contributed by atoms with van der Waals surface area (Å²) in [4.78, 5) is 95.6. The molecule has 0 aliphatic rings. The number of carbonyl (C=O) groups is 9. The van der Waals surface area contributed by atoms with Crippen molar-refractivity contribution in [2.75, 3.05) is 46.9 Å². The third-order valence-corrected chi connectivity index (χ3v) is 8.94. The van der Waals surface area contributed by atoms with Crippen LogP contribution in [0.15, 0.2) is 88.7 Å². The molecule has 3 rings (SSSR count). The number of Topliss-reactive ketones (excluding diaryl/α,β-unsaturated/α-hetero) is 5. The number of ketones is 6. The van der Waals surface area contributed by atoms with Crippen molar-refractivity contribution in [1.29, 1.82) is 0 Å². The molecule has 548 valence electrons. The summed E-state index contributed by atoms with van der Waals surface area (Å²) in [5, 5.41) is 31.7. The molecule has 6 N–H and O–H groups in total. The van der Waals surface area contributed by atoms with E-state index in [9.17, 15) is 60.0 Å². The van der Waals surface area contributed by atoms with Gasteiger partial charge in [0.25, 0.3) is 10.0 Å². The molecule has 93 heavy (non-hydrogen) atoms. The van der Waals surface area contributed by atoms with Gasteiger partial charge in [-0.2, -0.15) is 0 Å². The Bertz CT molecular complexity index is 2310. The SMILES string of the molecule is C/C=C/C(C)=O.CC(=O)NCc1ccccc1.CC(=O)NCc1cccnc1.CC(=O)NS(=O)(=O)c1cccs1.CC(C)(C)O.CC(C)=O.CC(C)=O.CC(C)=O.CC(C)O.CC(C)O.CCC.CCC(C)=O.CCCC(C)=O.CCN(C)C.CCOC.CS(C)(=O)=O. The second-order valence-electron chi connectivity index (χ2n) is 21.3. The van der Waals surface area contributed by atoms with Crippen LogP contribution in [0, 0.1) is 0 Å². The van der Waals surface area contributed by atoms with Crippen molar-refractivity contribution < 1.29 is 80.0 Å². The van der Waals surface area contributed by atoms with Crippen LogP contribution in [0.4, 0.5) is 0 Å². The lowest BCUT2D eigenvalue weighted by atomic mass is 10.2. The van der Waals surface area contributed by atoms with Crippen LogP contribution < -0.4 is 15.4 Å². The molecular formula is C68H131N5O17S3. The summed E-state index contributed by atoms with van der Waals surface area (Å²) in [6.07, 6.45) is 12.3. The van der Waals surface area contributed by atoms with E-state index in [0.29, 0.717) is 19.5 Å². The summed E-state index contributed by atoms with van der Waals surface area (Å²) >= 11 is 1.07. The summed E-state index contributed by atoms with van der Waals surface area (Å²) in [5.74, 6) is 0.561. The molecule has 0 aliphatic heterocycles. The van der Waals surface area contributed by atoms with Crippen LogP contribution in [-0.4, -0.2) is 159 Å². The smallest absolute Gasteiger partial charge is 0.273 e. The van der Waals surface area contributed by atoms with Crippen molar-refractivity contribution in [3.05, 3.63) is 95.6 Å². The summed E-state index contributed by atoms with van der Waals surface area (Å²) in [6, 6.07) is 16.6. The Labute approximate surface area is 569 Å². The molecule has 0 aliphatic carbocycles. The van der Waals surface area contributed by atoms with E-state index in [1.54, 1.807) is 99.3 Å². The summed E-state index contributed by atoms with van der Waals surface area (Å²) in [7, 11) is -0.472. The third-order valence-electron chi connectivity index (χ3n) is 6.11. The standard InChI is InChI=1S/C9H11NO.C8H10N2O.C6H7NO3S2.C5H10O.C5H8O.C4H11N.C4H10O.C4H8O.3C3H8O.3C3H6O.C3H8.C2H6O2S/c1-8(11)10-7-9-5-3-2-4-6-9;1-7(11)10-6-8-3-2-4-9-5-8;1-5(8)7-12(9,10)6-3-2-4-11-6;2*1-3-4-5(2)6;1-4-5(2)3;1-4(2,3)5;1-3-4(2)5;1-3-4-2;5*1-3(2)4;1-3-2;1-5(2,3)4/h2-6H,7H2,1H3,(H,10,11);2-5H,6H2,1H3,(H,10,11);2-4H,1H3,(H,7,8);3-4H2,1-2H3;3-4H,1-2H3;4H2,1-3H3;5H,1-3H3;3H2,1-2H3;3H2,1-2H3;2*3-4H,1-2H3;3*1-2H3;3H2,1-2H3;1-2H3/b;;;;4-3+;;;;;;;;;;;. The van der Waals surface area contributed by atoms with Crippen molar-refractivity contribution in [1.82, 2.24) is 25.2 Å². The Morgan fingerprint density at radius 2 is 0.935 bits per heavy atom. The van der Waals surface area contributed by atoms with Crippen molar-refractivity contribution in [3.8, 4) is 0 Å². The number of rotatable bonds is 12. The maximum Gasteiger partial charge on any atom is 0.273 e. The van der Waals surface area contributed by atoms with Gasteiger partial charge in [-0.05, 0) is 186 Å². The predicted octanol–water partition coefficient (Wildman–Crippen LogP) is 11.8. The molecule has 0 saturated carbocycles. The van der Waals surface area contributed by atoms with Crippen molar-refractivity contribution in [3.63, 3.8) is 0 Å². The van der Waals surface area contributed by atoms with E-state index in [1.807, 2.05) is 74.9 Å². The van der Waals surface area contributed by atoms with Crippen LogP contribution in [0.25, 0.3) is 0 Å². The molecule has 22 nitrogen and oxygen atoms in total. The first-order valence-electron chi connectivity index (χ1n) is 30.1. The highest BCUT2D eigenvalue weighted by Crippen LogP contribution is 2.14. The van der Waals surface area contributed by atoms with Crippen LogP contribution in [0.2, 0.25) is 0 Å². The number of aliphatic hydroxyl groups excluding tert-OH is 2. The van der Waals surface area contributed by atoms with E-state index < -0.39 is 31.4 Å². The zero-order chi connectivity index (χ0) is 77.0. The number of ether oxygens (including phenoxy) is 1. The van der Waals surface area contributed by atoms with Crippen molar-refractivity contribution in [2.45, 2.75) is 241 Å². The molecule has 2 heterocycles. The van der Waals surface area contributed by atoms with Crippen LogP contribution in [0.5, 0.6) is 0 Å². The van der Waals surface area contributed by atoms with Crippen LogP contribution >= 0.6 is 11.3 Å². The van der Waals surface area contributed by atoms with Gasteiger partial charge >= 0.3 is 0 Å². The number of aromatic nitrogens is 1. The molecule has 0 bridgehead atoms. The number of sulfonamides is 1. The first-order valence-corrected chi connectivity index (χ1v) is 34.7. The molecule has 25 heteroatoms. The molecule has 3 amide bonds. The van der Waals surface area contributed by atoms with Gasteiger partial charge in [-0.15, -0.1) is 11.3 Å². The molecule has 0 atom stereocenters.